The highest BCUT2D eigenvalue weighted by atomic mass is 16.5. The van der Waals surface area contributed by atoms with E-state index in [1.807, 2.05) is 18.5 Å². The Bertz CT molecular complexity index is 1330. The maximum Gasteiger partial charge on any atom is 0.333 e. The number of aliphatic hydroxyl groups is 1. The summed E-state index contributed by atoms with van der Waals surface area (Å²) >= 11 is 0. The number of allylic oxidation sites excluding steroid dienone is 3. The number of rotatable bonds is 7. The molecule has 2 fully saturated rings. The Hall–Kier alpha value is -2.84. The van der Waals surface area contributed by atoms with Crippen molar-refractivity contribution in [3.63, 3.8) is 0 Å². The molecule has 5 rings (SSSR count). The predicted octanol–water partition coefficient (Wildman–Crippen LogP) is 4.76. The van der Waals surface area contributed by atoms with Gasteiger partial charge in [0.2, 0.25) is 5.91 Å². The molecule has 0 bridgehead atoms. The minimum absolute atomic E-state index is 0.0608. The molecule has 0 radical (unpaired) electrons. The number of carbonyl (C=O) groups excluding carboxylic acids is 3. The Morgan fingerprint density at radius 1 is 1.09 bits per heavy atom. The molecule has 4 N–H and O–H groups in total. The molecule has 43 heavy (non-hydrogen) atoms. The summed E-state index contributed by atoms with van der Waals surface area (Å²) in [6.45, 7) is 10.6. The predicted molar refractivity (Wildman–Crippen MR) is 165 cm³/mol. The first-order chi connectivity index (χ1) is 20.1. The number of fused-ring (bicyclic) bond motifs is 5. The lowest BCUT2D eigenvalue weighted by Crippen LogP contribution is -2.62. The summed E-state index contributed by atoms with van der Waals surface area (Å²) in [5.41, 5.74) is 7.75. The second-order valence-corrected chi connectivity index (χ2v) is 15.1. The van der Waals surface area contributed by atoms with Gasteiger partial charge in [0.1, 0.15) is 12.1 Å². The molecule has 1 amide bonds. The van der Waals surface area contributed by atoms with Gasteiger partial charge < -0.3 is 20.9 Å². The first-order valence-corrected chi connectivity index (χ1v) is 15.9. The smallest absolute Gasteiger partial charge is 0.333 e. The van der Waals surface area contributed by atoms with Crippen molar-refractivity contribution in [2.45, 2.75) is 104 Å². The van der Waals surface area contributed by atoms with Gasteiger partial charge in [0.15, 0.2) is 11.3 Å². The minimum atomic E-state index is -2.00. The Morgan fingerprint density at radius 3 is 2.47 bits per heavy atom. The van der Waals surface area contributed by atoms with Crippen molar-refractivity contribution in [1.82, 2.24) is 10.3 Å². The van der Waals surface area contributed by atoms with Crippen LogP contribution in [0.25, 0.3) is 5.57 Å². The summed E-state index contributed by atoms with van der Waals surface area (Å²) in [5, 5.41) is 12.3. The van der Waals surface area contributed by atoms with E-state index in [9.17, 15) is 19.5 Å². The molecule has 8 unspecified atom stereocenters. The molecule has 8 heteroatoms. The van der Waals surface area contributed by atoms with Crippen LogP contribution in [-0.4, -0.2) is 52.0 Å². The fraction of sp³-hybridized carbons (Fsp3) is 0.657. The fourth-order valence-corrected chi connectivity index (χ4v) is 8.57. The minimum Gasteiger partial charge on any atom is -0.460 e. The lowest BCUT2D eigenvalue weighted by atomic mass is 9.47. The van der Waals surface area contributed by atoms with E-state index in [4.69, 9.17) is 10.5 Å². The lowest BCUT2D eigenvalue weighted by Gasteiger charge is -2.58. The molecule has 2 saturated carbocycles. The molecule has 0 aliphatic heterocycles. The summed E-state index contributed by atoms with van der Waals surface area (Å²) in [5.74, 6) is -0.198. The molecule has 1 aromatic rings. The number of esters is 1. The Balaban J connectivity index is 1.25. The van der Waals surface area contributed by atoms with Gasteiger partial charge in [-0.25, -0.2) is 4.79 Å². The van der Waals surface area contributed by atoms with Crippen LogP contribution < -0.4 is 11.1 Å². The topological polar surface area (TPSA) is 132 Å². The van der Waals surface area contributed by atoms with Crippen LogP contribution in [0.1, 0.15) is 92.1 Å². The number of aromatic nitrogens is 1. The van der Waals surface area contributed by atoms with E-state index in [-0.39, 0.29) is 16.9 Å². The molecule has 4 aliphatic carbocycles. The SMILES string of the molecule is CC(C)(C)C(=O)NC(CO)C(=O)C(C)(N)C(=O)OC1CCC2(C)C(=CCC3C2CCC2(C)C(c4cccnc4)=CCC32)C1. The highest BCUT2D eigenvalue weighted by molar-refractivity contribution is 6.11. The number of Topliss-reactive ketones (excluding diaryl/α,β-unsaturated/α-hetero) is 1. The van der Waals surface area contributed by atoms with Gasteiger partial charge in [0, 0.05) is 24.2 Å². The van der Waals surface area contributed by atoms with Crippen LogP contribution >= 0.6 is 0 Å². The van der Waals surface area contributed by atoms with E-state index in [1.165, 1.54) is 30.1 Å². The van der Waals surface area contributed by atoms with Crippen LogP contribution in [0.2, 0.25) is 0 Å². The number of ketones is 1. The maximum atomic E-state index is 13.3. The molecular formula is C35H49N3O5. The quantitative estimate of drug-likeness (QED) is 0.237. The monoisotopic (exact) mass is 591 g/mol. The van der Waals surface area contributed by atoms with Crippen LogP contribution in [0.4, 0.5) is 0 Å². The Kier molecular flexibility index (Phi) is 8.27. The van der Waals surface area contributed by atoms with Crippen LogP contribution in [0.15, 0.2) is 42.3 Å². The highest BCUT2D eigenvalue weighted by Crippen LogP contribution is 2.66. The van der Waals surface area contributed by atoms with Crippen LogP contribution in [-0.2, 0) is 19.1 Å². The van der Waals surface area contributed by atoms with E-state index in [0.29, 0.717) is 30.6 Å². The maximum absolute atomic E-state index is 13.3. The summed E-state index contributed by atoms with van der Waals surface area (Å²) in [7, 11) is 0. The number of nitrogens with two attached hydrogens (primary N) is 1. The molecule has 0 aromatic carbocycles. The molecule has 234 valence electrons. The zero-order chi connectivity index (χ0) is 31.4. The van der Waals surface area contributed by atoms with Crippen molar-refractivity contribution in [3.05, 3.63) is 47.8 Å². The van der Waals surface area contributed by atoms with Gasteiger partial charge >= 0.3 is 5.97 Å². The first-order valence-electron chi connectivity index (χ1n) is 15.9. The third kappa shape index (κ3) is 5.50. The van der Waals surface area contributed by atoms with E-state index in [2.05, 4.69) is 42.4 Å². The fourth-order valence-electron chi connectivity index (χ4n) is 8.57. The Morgan fingerprint density at radius 2 is 1.81 bits per heavy atom. The third-order valence-corrected chi connectivity index (χ3v) is 11.3. The molecule has 4 aliphatic rings. The molecule has 1 aromatic heterocycles. The molecule has 8 atom stereocenters. The van der Waals surface area contributed by atoms with Gasteiger partial charge in [-0.3, -0.25) is 14.6 Å². The number of ether oxygens (including phenoxy) is 1. The number of nitrogens with zero attached hydrogens (tertiary/aromatic N) is 1. The number of hydrogen-bond donors (Lipinski definition) is 3. The Labute approximate surface area is 255 Å². The van der Waals surface area contributed by atoms with E-state index < -0.39 is 41.3 Å². The largest absolute Gasteiger partial charge is 0.460 e. The average Bonchev–Trinajstić information content (AvgIpc) is 3.32. The number of aliphatic hydroxyl groups excluding tert-OH is 1. The van der Waals surface area contributed by atoms with Crippen molar-refractivity contribution in [1.29, 1.82) is 0 Å². The van der Waals surface area contributed by atoms with Crippen molar-refractivity contribution in [3.8, 4) is 0 Å². The average molecular weight is 592 g/mol. The van der Waals surface area contributed by atoms with Gasteiger partial charge in [-0.15, -0.1) is 0 Å². The molecule has 0 saturated heterocycles. The second-order valence-electron chi connectivity index (χ2n) is 15.1. The highest BCUT2D eigenvalue weighted by Gasteiger charge is 2.57. The third-order valence-electron chi connectivity index (χ3n) is 11.3. The van der Waals surface area contributed by atoms with E-state index in [1.54, 1.807) is 20.8 Å². The van der Waals surface area contributed by atoms with Crippen molar-refractivity contribution >= 4 is 23.2 Å². The number of hydrogen-bond acceptors (Lipinski definition) is 7. The summed E-state index contributed by atoms with van der Waals surface area (Å²) in [6, 6.07) is 2.93. The van der Waals surface area contributed by atoms with Gasteiger partial charge in [0.25, 0.3) is 0 Å². The molecule has 0 spiro atoms. The van der Waals surface area contributed by atoms with E-state index >= 15 is 0 Å². The number of amides is 1. The molecule has 1 heterocycles. The zero-order valence-electron chi connectivity index (χ0n) is 26.6. The number of carbonyl (C=O) groups is 3. The van der Waals surface area contributed by atoms with Crippen molar-refractivity contribution in [2.24, 2.45) is 39.7 Å². The first kappa shape index (κ1) is 31.6. The van der Waals surface area contributed by atoms with Crippen molar-refractivity contribution in [2.75, 3.05) is 6.61 Å². The second kappa shape index (κ2) is 11.3. The van der Waals surface area contributed by atoms with Crippen LogP contribution in [0.5, 0.6) is 0 Å². The van der Waals surface area contributed by atoms with Gasteiger partial charge in [0.05, 0.1) is 6.61 Å². The summed E-state index contributed by atoms with van der Waals surface area (Å²) in [6.07, 6.45) is 15.1. The zero-order valence-corrected chi connectivity index (χ0v) is 26.6. The standard InChI is InChI=1S/C35H49N3O5/c1-32(2,3)30(41)38-28(20-39)29(40)35(6,36)31(42)43-23-13-15-33(4)22(18-23)9-10-24-26-12-11-25(21-8-7-17-37-19-21)34(26,5)16-14-27(24)33/h7-9,11,17,19,23-24,26-28,39H,10,12-16,18,20,36H2,1-6H3,(H,38,41). The van der Waals surface area contributed by atoms with Gasteiger partial charge in [-0.1, -0.05) is 58.4 Å². The van der Waals surface area contributed by atoms with E-state index in [0.717, 1.165) is 25.7 Å². The van der Waals surface area contributed by atoms with Gasteiger partial charge in [-0.2, -0.15) is 0 Å². The molecule has 8 nitrogen and oxygen atoms in total. The lowest BCUT2D eigenvalue weighted by molar-refractivity contribution is -0.161. The number of pyridine rings is 1. The summed E-state index contributed by atoms with van der Waals surface area (Å²) < 4.78 is 5.89. The molecular weight excluding hydrogens is 542 g/mol. The van der Waals surface area contributed by atoms with Gasteiger partial charge in [-0.05, 0) is 91.2 Å². The summed E-state index contributed by atoms with van der Waals surface area (Å²) in [4.78, 5) is 43.3. The van der Waals surface area contributed by atoms with Crippen LogP contribution in [0.3, 0.4) is 0 Å². The number of nitrogens with one attached hydrogen (secondary N) is 1. The van der Waals surface area contributed by atoms with Crippen molar-refractivity contribution < 1.29 is 24.2 Å². The van der Waals surface area contributed by atoms with Crippen LogP contribution in [0, 0.1) is 34.0 Å². The normalized spacial score (nSPS) is 33.9.